The minimum Gasteiger partial charge on any atom is -0.504 e. The van der Waals surface area contributed by atoms with Gasteiger partial charge in [0.05, 0.1) is 17.5 Å². The van der Waals surface area contributed by atoms with Crippen LogP contribution >= 0.6 is 0 Å². The van der Waals surface area contributed by atoms with Gasteiger partial charge in [0.1, 0.15) is 0 Å². The van der Waals surface area contributed by atoms with E-state index in [9.17, 15) is 15.0 Å². The first-order valence-electron chi connectivity index (χ1n) is 7.95. The van der Waals surface area contributed by atoms with E-state index in [0.717, 1.165) is 11.3 Å². The first-order chi connectivity index (χ1) is 11.1. The van der Waals surface area contributed by atoms with Gasteiger partial charge in [-0.1, -0.05) is 26.0 Å². The summed E-state index contributed by atoms with van der Waals surface area (Å²) in [6, 6.07) is 7.80. The Hall–Kier alpha value is -2.34. The zero-order chi connectivity index (χ0) is 18.1. The largest absolute Gasteiger partial charge is 0.504 e. The summed E-state index contributed by atoms with van der Waals surface area (Å²) < 4.78 is 1.49. The van der Waals surface area contributed by atoms with Gasteiger partial charge in [-0.2, -0.15) is 5.10 Å². The number of hydrogen-bond acceptors (Lipinski definition) is 4. The molecule has 0 spiro atoms. The number of benzene rings is 1. The van der Waals surface area contributed by atoms with Crippen molar-refractivity contribution >= 4 is 5.91 Å². The van der Waals surface area contributed by atoms with Gasteiger partial charge in [0, 0.05) is 13.6 Å². The van der Waals surface area contributed by atoms with E-state index < -0.39 is 11.5 Å². The molecule has 2 rings (SSSR count). The molecule has 0 aliphatic heterocycles. The van der Waals surface area contributed by atoms with Crippen molar-refractivity contribution in [1.29, 1.82) is 0 Å². The highest BCUT2D eigenvalue weighted by Crippen LogP contribution is 2.22. The Labute approximate surface area is 142 Å². The summed E-state index contributed by atoms with van der Waals surface area (Å²) >= 11 is 0. The third-order valence-corrected chi connectivity index (χ3v) is 3.67. The second kappa shape index (κ2) is 6.65. The number of aromatic nitrogens is 2. The first kappa shape index (κ1) is 18.0. The van der Waals surface area contributed by atoms with E-state index in [4.69, 9.17) is 0 Å². The van der Waals surface area contributed by atoms with Crippen LogP contribution in [0.5, 0.6) is 5.75 Å². The number of aromatic hydroxyl groups is 1. The van der Waals surface area contributed by atoms with Crippen molar-refractivity contribution in [1.82, 2.24) is 14.7 Å². The number of aliphatic hydroxyl groups is 1. The second-order valence-corrected chi connectivity index (χ2v) is 7.03. The molecule has 1 aromatic heterocycles. The Morgan fingerprint density at radius 2 is 2.04 bits per heavy atom. The van der Waals surface area contributed by atoms with Crippen molar-refractivity contribution in [3.05, 3.63) is 41.7 Å². The van der Waals surface area contributed by atoms with Crippen LogP contribution in [0.25, 0.3) is 5.69 Å². The van der Waals surface area contributed by atoms with Crippen molar-refractivity contribution in [3.63, 3.8) is 0 Å². The van der Waals surface area contributed by atoms with Crippen molar-refractivity contribution in [2.45, 2.75) is 39.2 Å². The Morgan fingerprint density at radius 1 is 1.38 bits per heavy atom. The average Bonchev–Trinajstić information content (AvgIpc) is 2.86. The van der Waals surface area contributed by atoms with Crippen molar-refractivity contribution in [2.75, 3.05) is 13.6 Å². The molecule has 0 saturated carbocycles. The molecule has 1 heterocycles. The van der Waals surface area contributed by atoms with E-state index >= 15 is 0 Å². The minimum atomic E-state index is -1.02. The monoisotopic (exact) mass is 331 g/mol. The van der Waals surface area contributed by atoms with Crippen LogP contribution in [-0.2, 0) is 0 Å². The number of hydrogen-bond donors (Lipinski definition) is 2. The van der Waals surface area contributed by atoms with E-state index in [0.29, 0.717) is 5.92 Å². The summed E-state index contributed by atoms with van der Waals surface area (Å²) in [5, 5.41) is 24.2. The molecule has 1 aromatic carbocycles. The van der Waals surface area contributed by atoms with Gasteiger partial charge in [0.15, 0.2) is 11.4 Å². The maximum atomic E-state index is 12.4. The average molecular weight is 331 g/mol. The summed E-state index contributed by atoms with van der Waals surface area (Å²) in [6.07, 6.45) is 1.42. The lowest BCUT2D eigenvalue weighted by Crippen LogP contribution is -2.39. The fourth-order valence-electron chi connectivity index (χ4n) is 2.51. The Morgan fingerprint density at radius 3 is 2.62 bits per heavy atom. The Balaban J connectivity index is 2.30. The van der Waals surface area contributed by atoms with Crippen molar-refractivity contribution < 1.29 is 15.0 Å². The molecule has 6 nitrogen and oxygen atoms in total. The molecule has 0 unspecified atom stereocenters. The summed E-state index contributed by atoms with van der Waals surface area (Å²) in [5.41, 5.74) is 0.876. The number of rotatable bonds is 5. The predicted octanol–water partition coefficient (Wildman–Crippen LogP) is 2.54. The first-order valence-corrected chi connectivity index (χ1v) is 7.95. The van der Waals surface area contributed by atoms with E-state index in [-0.39, 0.29) is 18.0 Å². The molecule has 0 bridgehead atoms. The van der Waals surface area contributed by atoms with Gasteiger partial charge >= 0.3 is 0 Å². The molecule has 0 radical (unpaired) electrons. The van der Waals surface area contributed by atoms with E-state index in [2.05, 4.69) is 18.9 Å². The van der Waals surface area contributed by atoms with Crippen LogP contribution < -0.4 is 0 Å². The van der Waals surface area contributed by atoms with Crippen LogP contribution in [-0.4, -0.2) is 50.0 Å². The third-order valence-electron chi connectivity index (χ3n) is 3.67. The molecule has 0 fully saturated rings. The molecule has 1 amide bonds. The molecule has 24 heavy (non-hydrogen) atoms. The van der Waals surface area contributed by atoms with Gasteiger partial charge in [-0.25, -0.2) is 4.68 Å². The van der Waals surface area contributed by atoms with Crippen LogP contribution in [0.1, 0.15) is 49.7 Å². The zero-order valence-corrected chi connectivity index (χ0v) is 14.8. The van der Waals surface area contributed by atoms with E-state index in [1.807, 2.05) is 24.3 Å². The molecular formula is C18H25N3O3. The summed E-state index contributed by atoms with van der Waals surface area (Å²) in [5.74, 6) is -0.251. The van der Waals surface area contributed by atoms with E-state index in [1.54, 1.807) is 20.9 Å². The molecule has 2 N–H and O–H groups in total. The van der Waals surface area contributed by atoms with Gasteiger partial charge in [-0.15, -0.1) is 0 Å². The number of likely N-dealkylation sites (N-methyl/N-ethyl adjacent to an activating group) is 1. The van der Waals surface area contributed by atoms with Gasteiger partial charge in [-0.05, 0) is 37.5 Å². The normalized spacial score (nSPS) is 11.8. The topological polar surface area (TPSA) is 78.6 Å². The Kier molecular flexibility index (Phi) is 4.99. The number of amides is 1. The van der Waals surface area contributed by atoms with Crippen molar-refractivity contribution in [3.8, 4) is 11.4 Å². The Bertz CT molecular complexity index is 729. The maximum absolute atomic E-state index is 12.4. The number of nitrogens with zero attached hydrogens (tertiary/aromatic N) is 3. The minimum absolute atomic E-state index is 0.0308. The fraction of sp³-hybridized carbons (Fsp3) is 0.444. The van der Waals surface area contributed by atoms with Crippen LogP contribution in [0.2, 0.25) is 0 Å². The smallest absolute Gasteiger partial charge is 0.278 e. The SMILES string of the molecule is CC(C)c1cccc(-n2cc(O)c(C(=O)N(C)CC(C)(C)O)n2)c1. The van der Waals surface area contributed by atoms with Crippen molar-refractivity contribution in [2.24, 2.45) is 0 Å². The summed E-state index contributed by atoms with van der Waals surface area (Å²) in [7, 11) is 1.57. The molecule has 0 aliphatic rings. The quantitative estimate of drug-likeness (QED) is 0.882. The number of carbonyl (C=O) groups excluding carboxylic acids is 1. The van der Waals surface area contributed by atoms with Crippen LogP contribution in [0.3, 0.4) is 0 Å². The highest BCUT2D eigenvalue weighted by atomic mass is 16.3. The van der Waals surface area contributed by atoms with Gasteiger partial charge in [0.25, 0.3) is 5.91 Å². The molecule has 130 valence electrons. The van der Waals surface area contributed by atoms with Gasteiger partial charge in [0.2, 0.25) is 0 Å². The lowest BCUT2D eigenvalue weighted by molar-refractivity contribution is 0.0363. The second-order valence-electron chi connectivity index (χ2n) is 7.03. The molecule has 0 atom stereocenters. The molecule has 6 heteroatoms. The number of carbonyl (C=O) groups is 1. The van der Waals surface area contributed by atoms with Crippen LogP contribution in [0.15, 0.2) is 30.5 Å². The van der Waals surface area contributed by atoms with Crippen LogP contribution in [0.4, 0.5) is 0 Å². The predicted molar refractivity (Wildman–Crippen MR) is 92.6 cm³/mol. The summed E-state index contributed by atoms with van der Waals surface area (Å²) in [4.78, 5) is 13.8. The van der Waals surface area contributed by atoms with Gasteiger partial charge < -0.3 is 15.1 Å². The standard InChI is InChI=1S/C18H25N3O3/c1-12(2)13-7-6-8-14(9-13)21-10-15(22)16(19-21)17(23)20(5)11-18(3,4)24/h6-10,12,22,24H,11H2,1-5H3. The highest BCUT2D eigenvalue weighted by Gasteiger charge is 2.25. The maximum Gasteiger partial charge on any atom is 0.278 e. The zero-order valence-electron chi connectivity index (χ0n) is 14.8. The molecular weight excluding hydrogens is 306 g/mol. The van der Waals surface area contributed by atoms with Gasteiger partial charge in [-0.3, -0.25) is 4.79 Å². The molecule has 0 saturated heterocycles. The fourth-order valence-corrected chi connectivity index (χ4v) is 2.51. The lowest BCUT2D eigenvalue weighted by Gasteiger charge is -2.24. The summed E-state index contributed by atoms with van der Waals surface area (Å²) in [6.45, 7) is 7.57. The van der Waals surface area contributed by atoms with E-state index in [1.165, 1.54) is 15.8 Å². The molecule has 0 aliphatic carbocycles. The highest BCUT2D eigenvalue weighted by molar-refractivity contribution is 5.94. The third kappa shape index (κ3) is 4.14. The molecule has 2 aromatic rings. The lowest BCUT2D eigenvalue weighted by atomic mass is 10.0. The van der Waals surface area contributed by atoms with Crippen LogP contribution in [0, 0.1) is 0 Å².